The Hall–Kier alpha value is -1.43. The van der Waals surface area contributed by atoms with Gasteiger partial charge in [0.1, 0.15) is 0 Å². The molecule has 0 radical (unpaired) electrons. The van der Waals surface area contributed by atoms with Crippen LogP contribution in [-0.4, -0.2) is 19.1 Å². The molecule has 1 heterocycles. The van der Waals surface area contributed by atoms with Gasteiger partial charge in [-0.25, -0.2) is 5.84 Å². The van der Waals surface area contributed by atoms with Crippen molar-refractivity contribution < 1.29 is 14.3 Å². The number of benzene rings is 1. The summed E-state index contributed by atoms with van der Waals surface area (Å²) in [6.07, 6.45) is -0.460. The van der Waals surface area contributed by atoms with E-state index in [9.17, 15) is 4.79 Å². The molecule has 5 nitrogen and oxygen atoms in total. The summed E-state index contributed by atoms with van der Waals surface area (Å²) < 4.78 is 10.7. The van der Waals surface area contributed by atoms with Crippen LogP contribution in [0.15, 0.2) is 24.3 Å². The lowest BCUT2D eigenvalue weighted by Crippen LogP contribution is -2.31. The molecule has 1 fully saturated rings. The number of nitrogen functional groups attached to an aromatic ring is 1. The second-order valence-corrected chi connectivity index (χ2v) is 3.13. The minimum atomic E-state index is -0.460. The van der Waals surface area contributed by atoms with E-state index in [4.69, 9.17) is 15.3 Å². The van der Waals surface area contributed by atoms with E-state index in [1.54, 1.807) is 18.2 Å². The van der Waals surface area contributed by atoms with Gasteiger partial charge in [0.25, 0.3) is 5.91 Å². The fraction of sp³-hybridized carbons (Fsp3) is 0.300. The van der Waals surface area contributed by atoms with E-state index in [0.29, 0.717) is 24.3 Å². The molecule has 0 atom stereocenters. The van der Waals surface area contributed by atoms with E-state index in [0.717, 1.165) is 0 Å². The number of hydrogen-bond donors (Lipinski definition) is 2. The number of ether oxygens (including phenoxy) is 2. The summed E-state index contributed by atoms with van der Waals surface area (Å²) in [7, 11) is 0. The number of amides is 1. The summed E-state index contributed by atoms with van der Waals surface area (Å²) in [6.45, 7) is 1.09. The van der Waals surface area contributed by atoms with Crippen molar-refractivity contribution in [1.82, 2.24) is 5.43 Å². The number of hydrazine groups is 1. The molecule has 0 saturated carbocycles. The zero-order valence-corrected chi connectivity index (χ0v) is 8.10. The number of carbonyl (C=O) groups is 1. The quantitative estimate of drug-likeness (QED) is 0.417. The molecule has 1 aliphatic heterocycles. The molecule has 3 N–H and O–H groups in total. The van der Waals surface area contributed by atoms with E-state index in [1.807, 2.05) is 6.07 Å². The molecule has 0 aromatic heterocycles. The van der Waals surface area contributed by atoms with Crippen LogP contribution in [0.1, 0.15) is 22.2 Å². The van der Waals surface area contributed by atoms with E-state index in [1.165, 1.54) is 0 Å². The zero-order valence-electron chi connectivity index (χ0n) is 8.10. The fourth-order valence-electron chi connectivity index (χ4n) is 1.53. The van der Waals surface area contributed by atoms with Gasteiger partial charge in [0, 0.05) is 11.1 Å². The molecule has 1 saturated heterocycles. The fourth-order valence-corrected chi connectivity index (χ4v) is 1.53. The topological polar surface area (TPSA) is 73.6 Å². The molecule has 0 bridgehead atoms. The lowest BCUT2D eigenvalue weighted by molar-refractivity contribution is -0.0445. The number of hydrogen-bond acceptors (Lipinski definition) is 4. The van der Waals surface area contributed by atoms with Crippen LogP contribution in [0.25, 0.3) is 0 Å². The van der Waals surface area contributed by atoms with Crippen molar-refractivity contribution in [3.8, 4) is 0 Å². The second-order valence-electron chi connectivity index (χ2n) is 3.13. The maximum atomic E-state index is 11.4. The smallest absolute Gasteiger partial charge is 0.265 e. The Balaban J connectivity index is 2.32. The van der Waals surface area contributed by atoms with Gasteiger partial charge in [-0.3, -0.25) is 10.2 Å². The van der Waals surface area contributed by atoms with E-state index in [2.05, 4.69) is 5.43 Å². The molecule has 2 rings (SSSR count). The summed E-state index contributed by atoms with van der Waals surface area (Å²) in [6, 6.07) is 7.07. The normalized spacial score (nSPS) is 16.6. The molecule has 0 spiro atoms. The highest BCUT2D eigenvalue weighted by molar-refractivity contribution is 5.95. The van der Waals surface area contributed by atoms with Gasteiger partial charge in [0.05, 0.1) is 13.2 Å². The predicted molar refractivity (Wildman–Crippen MR) is 52.7 cm³/mol. The van der Waals surface area contributed by atoms with Crippen molar-refractivity contribution in [3.63, 3.8) is 0 Å². The van der Waals surface area contributed by atoms with Crippen LogP contribution in [0.3, 0.4) is 0 Å². The van der Waals surface area contributed by atoms with Gasteiger partial charge in [-0.2, -0.15) is 0 Å². The van der Waals surface area contributed by atoms with Crippen molar-refractivity contribution >= 4 is 5.91 Å². The van der Waals surface area contributed by atoms with Gasteiger partial charge in [-0.05, 0) is 6.07 Å². The van der Waals surface area contributed by atoms with Crippen LogP contribution in [-0.2, 0) is 9.47 Å². The molecule has 15 heavy (non-hydrogen) atoms. The standard InChI is InChI=1S/C10H12N2O3/c11-12-9(13)7-3-1-2-4-8(7)10-14-5-6-15-10/h1-4,10H,5-6,11H2,(H,12,13). The third-order valence-electron chi connectivity index (χ3n) is 2.21. The first-order valence-electron chi connectivity index (χ1n) is 4.66. The van der Waals surface area contributed by atoms with Crippen molar-refractivity contribution in [2.75, 3.05) is 13.2 Å². The molecule has 5 heteroatoms. The molecule has 80 valence electrons. The average molecular weight is 208 g/mol. The minimum absolute atomic E-state index is 0.343. The Morgan fingerprint density at radius 2 is 2.00 bits per heavy atom. The molecular formula is C10H12N2O3. The van der Waals surface area contributed by atoms with Crippen LogP contribution in [0.5, 0.6) is 0 Å². The van der Waals surface area contributed by atoms with Gasteiger partial charge in [0.15, 0.2) is 6.29 Å². The first-order chi connectivity index (χ1) is 7.33. The van der Waals surface area contributed by atoms with Crippen molar-refractivity contribution in [3.05, 3.63) is 35.4 Å². The van der Waals surface area contributed by atoms with Gasteiger partial charge < -0.3 is 9.47 Å². The van der Waals surface area contributed by atoms with Crippen LogP contribution >= 0.6 is 0 Å². The van der Waals surface area contributed by atoms with Crippen LogP contribution < -0.4 is 11.3 Å². The number of nitrogens with one attached hydrogen (secondary N) is 1. The Kier molecular flexibility index (Phi) is 2.96. The van der Waals surface area contributed by atoms with Crippen LogP contribution in [0, 0.1) is 0 Å². The maximum absolute atomic E-state index is 11.4. The molecule has 0 unspecified atom stereocenters. The first-order valence-corrected chi connectivity index (χ1v) is 4.66. The third kappa shape index (κ3) is 1.99. The van der Waals surface area contributed by atoms with Gasteiger partial charge in [-0.1, -0.05) is 18.2 Å². The van der Waals surface area contributed by atoms with Gasteiger partial charge in [-0.15, -0.1) is 0 Å². The minimum Gasteiger partial charge on any atom is -0.346 e. The number of carbonyl (C=O) groups excluding carboxylic acids is 1. The summed E-state index contributed by atoms with van der Waals surface area (Å²) in [5, 5.41) is 0. The van der Waals surface area contributed by atoms with E-state index >= 15 is 0 Å². The first kappa shape index (κ1) is 10.1. The Morgan fingerprint density at radius 1 is 1.33 bits per heavy atom. The molecule has 1 aromatic carbocycles. The van der Waals surface area contributed by atoms with Crippen LogP contribution in [0.2, 0.25) is 0 Å². The average Bonchev–Trinajstić information content (AvgIpc) is 2.81. The SMILES string of the molecule is NNC(=O)c1ccccc1C1OCCO1. The summed E-state index contributed by atoms with van der Waals surface area (Å²) in [5.74, 6) is 4.75. The second kappa shape index (κ2) is 4.39. The summed E-state index contributed by atoms with van der Waals surface area (Å²) in [4.78, 5) is 11.4. The van der Waals surface area contributed by atoms with Gasteiger partial charge >= 0.3 is 0 Å². The molecular weight excluding hydrogens is 196 g/mol. The maximum Gasteiger partial charge on any atom is 0.265 e. The highest BCUT2D eigenvalue weighted by Crippen LogP contribution is 2.25. The Bertz CT molecular complexity index is 361. The predicted octanol–water partition coefficient (Wildman–Crippen LogP) is 0.335. The lowest BCUT2D eigenvalue weighted by Gasteiger charge is -2.13. The number of nitrogens with two attached hydrogens (primary N) is 1. The van der Waals surface area contributed by atoms with Gasteiger partial charge in [0.2, 0.25) is 0 Å². The Morgan fingerprint density at radius 3 is 2.67 bits per heavy atom. The van der Waals surface area contributed by atoms with Crippen molar-refractivity contribution in [2.45, 2.75) is 6.29 Å². The molecule has 1 aromatic rings. The van der Waals surface area contributed by atoms with Crippen molar-refractivity contribution in [1.29, 1.82) is 0 Å². The molecule has 1 amide bonds. The third-order valence-corrected chi connectivity index (χ3v) is 2.21. The Labute approximate surface area is 87.1 Å². The highest BCUT2D eigenvalue weighted by Gasteiger charge is 2.23. The molecule has 0 aliphatic carbocycles. The van der Waals surface area contributed by atoms with E-state index in [-0.39, 0.29) is 5.91 Å². The summed E-state index contributed by atoms with van der Waals surface area (Å²) in [5.41, 5.74) is 3.28. The van der Waals surface area contributed by atoms with Crippen molar-refractivity contribution in [2.24, 2.45) is 5.84 Å². The monoisotopic (exact) mass is 208 g/mol. The summed E-state index contributed by atoms with van der Waals surface area (Å²) >= 11 is 0. The largest absolute Gasteiger partial charge is 0.346 e. The van der Waals surface area contributed by atoms with Crippen LogP contribution in [0.4, 0.5) is 0 Å². The highest BCUT2D eigenvalue weighted by atomic mass is 16.7. The number of rotatable bonds is 2. The zero-order chi connectivity index (χ0) is 10.7. The van der Waals surface area contributed by atoms with E-state index < -0.39 is 6.29 Å². The lowest BCUT2D eigenvalue weighted by atomic mass is 10.1. The molecule has 1 aliphatic rings.